The summed E-state index contributed by atoms with van der Waals surface area (Å²) in [6.07, 6.45) is 5.81. The second-order valence-corrected chi connectivity index (χ2v) is 7.15. The smallest absolute Gasteiger partial charge is 0.227 e. The molecule has 2 aromatic rings. The number of likely N-dealkylation sites (tertiary alicyclic amines) is 1. The summed E-state index contributed by atoms with van der Waals surface area (Å²) in [6.45, 7) is 5.38. The van der Waals surface area contributed by atoms with Crippen molar-refractivity contribution in [3.05, 3.63) is 41.7 Å². The van der Waals surface area contributed by atoms with Gasteiger partial charge in [-0.1, -0.05) is 6.07 Å². The highest BCUT2D eigenvalue weighted by Crippen LogP contribution is 2.27. The minimum atomic E-state index is 0.182. The van der Waals surface area contributed by atoms with E-state index < -0.39 is 0 Å². The van der Waals surface area contributed by atoms with Gasteiger partial charge in [0.2, 0.25) is 5.91 Å². The van der Waals surface area contributed by atoms with E-state index >= 15 is 0 Å². The SMILES string of the molecule is CCn1c(CN(C)C)nnc1C1CCN(C(=O)Cc2cccnc2)CC1. The van der Waals surface area contributed by atoms with Crippen LogP contribution in [0.1, 0.15) is 42.9 Å². The fraction of sp³-hybridized carbons (Fsp3) is 0.579. The largest absolute Gasteiger partial charge is 0.342 e. The highest BCUT2D eigenvalue weighted by molar-refractivity contribution is 5.78. The van der Waals surface area contributed by atoms with Gasteiger partial charge in [-0.05, 0) is 45.5 Å². The van der Waals surface area contributed by atoms with Gasteiger partial charge in [0.1, 0.15) is 11.6 Å². The number of hydrogen-bond acceptors (Lipinski definition) is 5. The van der Waals surface area contributed by atoms with Crippen LogP contribution in [-0.4, -0.2) is 62.6 Å². The van der Waals surface area contributed by atoms with Crippen LogP contribution >= 0.6 is 0 Å². The molecule has 0 bridgehead atoms. The van der Waals surface area contributed by atoms with E-state index in [4.69, 9.17) is 0 Å². The zero-order chi connectivity index (χ0) is 18.5. The van der Waals surface area contributed by atoms with Crippen LogP contribution < -0.4 is 0 Å². The van der Waals surface area contributed by atoms with Gasteiger partial charge in [-0.25, -0.2) is 0 Å². The lowest BCUT2D eigenvalue weighted by Gasteiger charge is -2.32. The van der Waals surface area contributed by atoms with Gasteiger partial charge < -0.3 is 14.4 Å². The molecule has 1 aliphatic heterocycles. The first-order valence-electron chi connectivity index (χ1n) is 9.31. The number of carbonyl (C=O) groups excluding carboxylic acids is 1. The Balaban J connectivity index is 1.60. The van der Waals surface area contributed by atoms with Gasteiger partial charge in [0, 0.05) is 37.9 Å². The minimum absolute atomic E-state index is 0.182. The van der Waals surface area contributed by atoms with Gasteiger partial charge in [-0.2, -0.15) is 0 Å². The van der Waals surface area contributed by atoms with E-state index in [9.17, 15) is 4.79 Å². The first-order valence-corrected chi connectivity index (χ1v) is 9.31. The molecular formula is C19H28N6O. The summed E-state index contributed by atoms with van der Waals surface area (Å²) < 4.78 is 2.23. The molecule has 0 aliphatic carbocycles. The number of carbonyl (C=O) groups is 1. The van der Waals surface area contributed by atoms with Gasteiger partial charge in [-0.3, -0.25) is 9.78 Å². The summed E-state index contributed by atoms with van der Waals surface area (Å²) in [4.78, 5) is 20.7. The van der Waals surface area contributed by atoms with Crippen LogP contribution in [0.4, 0.5) is 0 Å². The molecule has 2 aromatic heterocycles. The maximum Gasteiger partial charge on any atom is 0.227 e. The summed E-state index contributed by atoms with van der Waals surface area (Å²) in [5.74, 6) is 2.65. The molecule has 140 valence electrons. The average molecular weight is 356 g/mol. The molecule has 1 saturated heterocycles. The van der Waals surface area contributed by atoms with E-state index in [2.05, 4.69) is 31.6 Å². The molecule has 0 radical (unpaired) electrons. The predicted molar refractivity (Wildman–Crippen MR) is 99.6 cm³/mol. The first kappa shape index (κ1) is 18.5. The monoisotopic (exact) mass is 356 g/mol. The van der Waals surface area contributed by atoms with Crippen LogP contribution in [0.15, 0.2) is 24.5 Å². The third-order valence-corrected chi connectivity index (χ3v) is 4.92. The van der Waals surface area contributed by atoms with Crippen LogP contribution in [0.3, 0.4) is 0 Å². The fourth-order valence-corrected chi connectivity index (χ4v) is 3.57. The Bertz CT molecular complexity index is 719. The Kier molecular flexibility index (Phi) is 5.98. The van der Waals surface area contributed by atoms with Crippen LogP contribution in [-0.2, 0) is 24.3 Å². The number of piperidine rings is 1. The van der Waals surface area contributed by atoms with Crippen molar-refractivity contribution >= 4 is 5.91 Å². The van der Waals surface area contributed by atoms with E-state index in [1.807, 2.05) is 31.1 Å². The summed E-state index contributed by atoms with van der Waals surface area (Å²) in [7, 11) is 4.08. The topological polar surface area (TPSA) is 67.2 Å². The Hall–Kier alpha value is -2.28. The van der Waals surface area contributed by atoms with E-state index in [1.165, 1.54) is 0 Å². The van der Waals surface area contributed by atoms with Crippen LogP contribution in [0.5, 0.6) is 0 Å². The number of nitrogens with zero attached hydrogens (tertiary/aromatic N) is 6. The molecular weight excluding hydrogens is 328 g/mol. The van der Waals surface area contributed by atoms with Crippen LogP contribution in [0.25, 0.3) is 0 Å². The molecule has 0 unspecified atom stereocenters. The lowest BCUT2D eigenvalue weighted by atomic mass is 9.95. The number of aromatic nitrogens is 4. The summed E-state index contributed by atoms with van der Waals surface area (Å²) in [5, 5.41) is 8.87. The summed E-state index contributed by atoms with van der Waals surface area (Å²) in [5.41, 5.74) is 0.971. The highest BCUT2D eigenvalue weighted by Gasteiger charge is 2.27. The van der Waals surface area contributed by atoms with Gasteiger partial charge in [0.25, 0.3) is 0 Å². The van der Waals surface area contributed by atoms with Crippen molar-refractivity contribution in [1.82, 2.24) is 29.5 Å². The predicted octanol–water partition coefficient (Wildman–Crippen LogP) is 1.70. The quantitative estimate of drug-likeness (QED) is 0.788. The van der Waals surface area contributed by atoms with Crippen molar-refractivity contribution in [1.29, 1.82) is 0 Å². The number of hydrogen-bond donors (Lipinski definition) is 0. The van der Waals surface area contributed by atoms with Crippen molar-refractivity contribution in [2.24, 2.45) is 0 Å². The number of rotatable bonds is 6. The number of amides is 1. The van der Waals surface area contributed by atoms with Gasteiger partial charge in [0.05, 0.1) is 13.0 Å². The maximum absolute atomic E-state index is 12.5. The van der Waals surface area contributed by atoms with Crippen molar-refractivity contribution in [3.8, 4) is 0 Å². The molecule has 0 saturated carbocycles. The summed E-state index contributed by atoms with van der Waals surface area (Å²) in [6, 6.07) is 3.82. The van der Waals surface area contributed by atoms with Crippen LogP contribution in [0, 0.1) is 0 Å². The lowest BCUT2D eigenvalue weighted by molar-refractivity contribution is -0.131. The molecule has 0 aromatic carbocycles. The Morgan fingerprint density at radius 2 is 2.04 bits per heavy atom. The highest BCUT2D eigenvalue weighted by atomic mass is 16.2. The molecule has 26 heavy (non-hydrogen) atoms. The lowest BCUT2D eigenvalue weighted by Crippen LogP contribution is -2.39. The Labute approximate surface area is 155 Å². The standard InChI is InChI=1S/C19H28N6O/c1-4-25-17(14-23(2)3)21-22-19(25)16-7-10-24(11-8-16)18(26)12-15-6-5-9-20-13-15/h5-6,9,13,16H,4,7-8,10-12,14H2,1-3H3. The normalized spacial score (nSPS) is 15.6. The molecule has 0 atom stereocenters. The van der Waals surface area contributed by atoms with Crippen molar-refractivity contribution in [2.45, 2.75) is 45.2 Å². The molecule has 1 fully saturated rings. The molecule has 1 aliphatic rings. The number of pyridine rings is 1. The third kappa shape index (κ3) is 4.27. The Morgan fingerprint density at radius 3 is 2.65 bits per heavy atom. The van der Waals surface area contributed by atoms with E-state index in [-0.39, 0.29) is 5.91 Å². The molecule has 3 heterocycles. The van der Waals surface area contributed by atoms with E-state index in [0.29, 0.717) is 12.3 Å². The van der Waals surface area contributed by atoms with Gasteiger partial charge >= 0.3 is 0 Å². The van der Waals surface area contributed by atoms with E-state index in [1.54, 1.807) is 12.4 Å². The van der Waals surface area contributed by atoms with Gasteiger partial charge in [0.15, 0.2) is 0 Å². The van der Waals surface area contributed by atoms with Crippen LogP contribution in [0.2, 0.25) is 0 Å². The second kappa shape index (κ2) is 8.40. The van der Waals surface area contributed by atoms with Crippen molar-refractivity contribution in [2.75, 3.05) is 27.2 Å². The molecule has 0 spiro atoms. The molecule has 1 amide bonds. The first-order chi connectivity index (χ1) is 12.6. The summed E-state index contributed by atoms with van der Waals surface area (Å²) >= 11 is 0. The minimum Gasteiger partial charge on any atom is -0.342 e. The zero-order valence-electron chi connectivity index (χ0n) is 15.9. The average Bonchev–Trinajstić information content (AvgIpc) is 3.04. The van der Waals surface area contributed by atoms with Gasteiger partial charge in [-0.15, -0.1) is 10.2 Å². The molecule has 3 rings (SSSR count). The maximum atomic E-state index is 12.5. The van der Waals surface area contributed by atoms with Crippen molar-refractivity contribution in [3.63, 3.8) is 0 Å². The Morgan fingerprint density at radius 1 is 1.27 bits per heavy atom. The fourth-order valence-electron chi connectivity index (χ4n) is 3.57. The second-order valence-electron chi connectivity index (χ2n) is 7.15. The van der Waals surface area contributed by atoms with E-state index in [0.717, 1.165) is 56.2 Å². The third-order valence-electron chi connectivity index (χ3n) is 4.92. The molecule has 7 heteroatoms. The molecule has 7 nitrogen and oxygen atoms in total. The molecule has 0 N–H and O–H groups in total. The zero-order valence-corrected chi connectivity index (χ0v) is 15.9. The van der Waals surface area contributed by atoms with Crippen molar-refractivity contribution < 1.29 is 4.79 Å².